The predicted octanol–water partition coefficient (Wildman–Crippen LogP) is 5.43. The van der Waals surface area contributed by atoms with E-state index in [1.54, 1.807) is 6.07 Å². The summed E-state index contributed by atoms with van der Waals surface area (Å²) in [5.74, 6) is 0.514. The Bertz CT molecular complexity index is 568. The number of hydrogen-bond acceptors (Lipinski definition) is 2. The molecule has 96 valence electrons. The number of nitrogens with one attached hydrogen (secondary N) is 1. The fourth-order valence-corrected chi connectivity index (χ4v) is 2.44. The molecule has 18 heavy (non-hydrogen) atoms. The second kappa shape index (κ2) is 5.45. The highest BCUT2D eigenvalue weighted by molar-refractivity contribution is 9.10. The molecule has 1 aromatic heterocycles. The lowest BCUT2D eigenvalue weighted by atomic mass is 10.1. The van der Waals surface area contributed by atoms with E-state index < -0.39 is 0 Å². The smallest absolute Gasteiger partial charge is 0.169 e. The van der Waals surface area contributed by atoms with Crippen molar-refractivity contribution in [3.63, 3.8) is 0 Å². The summed E-state index contributed by atoms with van der Waals surface area (Å²) in [4.78, 5) is 0. The number of rotatable bonds is 3. The molecule has 1 atom stereocenters. The molecule has 0 amide bonds. The normalized spacial score (nSPS) is 12.5. The second-order valence-corrected chi connectivity index (χ2v) is 5.73. The third-order valence-electron chi connectivity index (χ3n) is 2.66. The van der Waals surface area contributed by atoms with Crippen LogP contribution >= 0.6 is 31.9 Å². The van der Waals surface area contributed by atoms with E-state index in [0.29, 0.717) is 9.14 Å². The molecule has 0 aliphatic rings. The van der Waals surface area contributed by atoms with Gasteiger partial charge >= 0.3 is 0 Å². The molecule has 0 fully saturated rings. The minimum Gasteiger partial charge on any atom is -0.452 e. The van der Waals surface area contributed by atoms with Crippen molar-refractivity contribution in [2.75, 3.05) is 5.32 Å². The van der Waals surface area contributed by atoms with Crippen LogP contribution in [0.2, 0.25) is 0 Å². The Morgan fingerprint density at radius 2 is 2.00 bits per heavy atom. The monoisotopic (exact) mass is 375 g/mol. The molecular weight excluding hydrogens is 365 g/mol. The maximum atomic E-state index is 13.5. The van der Waals surface area contributed by atoms with Gasteiger partial charge in [0.25, 0.3) is 0 Å². The van der Waals surface area contributed by atoms with Crippen molar-refractivity contribution in [1.82, 2.24) is 0 Å². The summed E-state index contributed by atoms with van der Waals surface area (Å²) >= 11 is 6.43. The molecule has 2 nitrogen and oxygen atoms in total. The lowest BCUT2D eigenvalue weighted by molar-refractivity contribution is 0.470. The Balaban J connectivity index is 2.21. The standard InChI is InChI=1S/C13H12Br2FNO/c1-7-5-9(14)10(16)6-11(7)17-8(2)12-3-4-13(15)18-12/h3-6,8,17H,1-2H3. The van der Waals surface area contributed by atoms with E-state index in [2.05, 4.69) is 37.2 Å². The average Bonchev–Trinajstić information content (AvgIpc) is 2.73. The third kappa shape index (κ3) is 2.95. The van der Waals surface area contributed by atoms with Crippen molar-refractivity contribution in [3.8, 4) is 0 Å². The molecule has 0 aliphatic carbocycles. The lowest BCUT2D eigenvalue weighted by Gasteiger charge is -2.15. The summed E-state index contributed by atoms with van der Waals surface area (Å²) < 4.78 is 20.1. The molecule has 0 spiro atoms. The van der Waals surface area contributed by atoms with Gasteiger partial charge in [0.05, 0.1) is 10.5 Å². The van der Waals surface area contributed by atoms with Crippen LogP contribution in [-0.4, -0.2) is 0 Å². The molecule has 0 radical (unpaired) electrons. The van der Waals surface area contributed by atoms with E-state index in [9.17, 15) is 4.39 Å². The fraction of sp³-hybridized carbons (Fsp3) is 0.231. The van der Waals surface area contributed by atoms with Gasteiger partial charge in [0.1, 0.15) is 11.6 Å². The molecule has 0 aliphatic heterocycles. The largest absolute Gasteiger partial charge is 0.452 e. The first-order chi connectivity index (χ1) is 8.47. The fourth-order valence-electron chi connectivity index (χ4n) is 1.67. The first-order valence-corrected chi connectivity index (χ1v) is 7.03. The Hall–Kier alpha value is -0.810. The van der Waals surface area contributed by atoms with Gasteiger partial charge in [-0.05, 0) is 75.5 Å². The highest BCUT2D eigenvalue weighted by atomic mass is 79.9. The summed E-state index contributed by atoms with van der Waals surface area (Å²) in [7, 11) is 0. The highest BCUT2D eigenvalue weighted by Crippen LogP contribution is 2.28. The van der Waals surface area contributed by atoms with Crippen molar-refractivity contribution >= 4 is 37.5 Å². The van der Waals surface area contributed by atoms with Crippen molar-refractivity contribution < 1.29 is 8.81 Å². The number of benzene rings is 1. The molecule has 0 bridgehead atoms. The van der Waals surface area contributed by atoms with Crippen molar-refractivity contribution in [3.05, 3.63) is 50.5 Å². The number of halogens is 3. The molecule has 1 heterocycles. The van der Waals surface area contributed by atoms with Gasteiger partial charge in [-0.1, -0.05) is 0 Å². The summed E-state index contributed by atoms with van der Waals surface area (Å²) in [5.41, 5.74) is 1.73. The molecule has 1 aromatic carbocycles. The maximum absolute atomic E-state index is 13.5. The van der Waals surface area contributed by atoms with Crippen LogP contribution in [0.4, 0.5) is 10.1 Å². The Morgan fingerprint density at radius 1 is 1.28 bits per heavy atom. The quantitative estimate of drug-likeness (QED) is 0.773. The zero-order valence-corrected chi connectivity index (χ0v) is 13.1. The number of aryl methyl sites for hydroxylation is 1. The molecule has 0 saturated heterocycles. The van der Waals surface area contributed by atoms with Crippen LogP contribution in [0.3, 0.4) is 0 Å². The van der Waals surface area contributed by atoms with Gasteiger partial charge in [-0.2, -0.15) is 0 Å². The van der Waals surface area contributed by atoms with Crippen molar-refractivity contribution in [2.45, 2.75) is 19.9 Å². The van der Waals surface area contributed by atoms with Crippen LogP contribution < -0.4 is 5.32 Å². The maximum Gasteiger partial charge on any atom is 0.169 e. The average molecular weight is 377 g/mol. The van der Waals surface area contributed by atoms with Gasteiger partial charge in [0.15, 0.2) is 4.67 Å². The lowest BCUT2D eigenvalue weighted by Crippen LogP contribution is -2.07. The van der Waals surface area contributed by atoms with Gasteiger partial charge < -0.3 is 9.73 Å². The third-order valence-corrected chi connectivity index (χ3v) is 3.69. The zero-order valence-electron chi connectivity index (χ0n) is 9.93. The molecule has 1 unspecified atom stereocenters. The van der Waals surface area contributed by atoms with Gasteiger partial charge in [-0.3, -0.25) is 0 Å². The molecular formula is C13H12Br2FNO. The first-order valence-electron chi connectivity index (χ1n) is 5.45. The molecule has 2 aromatic rings. The van der Waals surface area contributed by atoms with E-state index in [1.807, 2.05) is 26.0 Å². The number of hydrogen-bond donors (Lipinski definition) is 1. The molecule has 2 rings (SSSR count). The molecule has 5 heteroatoms. The van der Waals surface area contributed by atoms with E-state index in [-0.39, 0.29) is 11.9 Å². The van der Waals surface area contributed by atoms with Crippen molar-refractivity contribution in [1.29, 1.82) is 0 Å². The SMILES string of the molecule is Cc1cc(Br)c(F)cc1NC(C)c1ccc(Br)o1. The van der Waals surface area contributed by atoms with Crippen molar-refractivity contribution in [2.24, 2.45) is 0 Å². The van der Waals surface area contributed by atoms with Crippen LogP contribution in [0.15, 0.2) is 37.8 Å². The summed E-state index contributed by atoms with van der Waals surface area (Å²) in [6, 6.07) is 6.92. The van der Waals surface area contributed by atoms with Crippen LogP contribution in [0.25, 0.3) is 0 Å². The number of furan rings is 1. The van der Waals surface area contributed by atoms with E-state index >= 15 is 0 Å². The second-order valence-electron chi connectivity index (χ2n) is 4.09. The number of anilines is 1. The molecule has 0 saturated carbocycles. The minimum atomic E-state index is -0.282. The zero-order chi connectivity index (χ0) is 13.3. The topological polar surface area (TPSA) is 25.2 Å². The van der Waals surface area contributed by atoms with Crippen LogP contribution in [0, 0.1) is 12.7 Å². The van der Waals surface area contributed by atoms with E-state index in [4.69, 9.17) is 4.42 Å². The van der Waals surface area contributed by atoms with Gasteiger partial charge in [-0.25, -0.2) is 4.39 Å². The Labute approximate surface area is 122 Å². The van der Waals surface area contributed by atoms with Gasteiger partial charge in [0.2, 0.25) is 0 Å². The summed E-state index contributed by atoms with van der Waals surface area (Å²) in [6.45, 7) is 3.89. The van der Waals surface area contributed by atoms with Gasteiger partial charge in [-0.15, -0.1) is 0 Å². The summed E-state index contributed by atoms with van der Waals surface area (Å²) in [5, 5.41) is 3.23. The van der Waals surface area contributed by atoms with E-state index in [1.165, 1.54) is 6.07 Å². The first kappa shape index (κ1) is 13.6. The Morgan fingerprint density at radius 3 is 2.61 bits per heavy atom. The molecule has 1 N–H and O–H groups in total. The Kier molecular flexibility index (Phi) is 4.12. The van der Waals surface area contributed by atoms with E-state index in [0.717, 1.165) is 17.0 Å². The van der Waals surface area contributed by atoms with Crippen LogP contribution in [0.1, 0.15) is 24.3 Å². The minimum absolute atomic E-state index is 0.0319. The van der Waals surface area contributed by atoms with Gasteiger partial charge in [0, 0.05) is 5.69 Å². The van der Waals surface area contributed by atoms with Crippen LogP contribution in [0.5, 0.6) is 0 Å². The van der Waals surface area contributed by atoms with Crippen LogP contribution in [-0.2, 0) is 0 Å². The predicted molar refractivity (Wildman–Crippen MR) is 77.3 cm³/mol. The highest BCUT2D eigenvalue weighted by Gasteiger charge is 2.12. The summed E-state index contributed by atoms with van der Waals surface area (Å²) in [6.07, 6.45) is 0.